The highest BCUT2D eigenvalue weighted by molar-refractivity contribution is 5.95. The lowest BCUT2D eigenvalue weighted by molar-refractivity contribution is -0.119. The monoisotopic (exact) mass is 250 g/mol. The summed E-state index contributed by atoms with van der Waals surface area (Å²) in [7, 11) is 0. The normalized spacial score (nSPS) is 10.0. The molecular weight excluding hydrogens is 232 g/mol. The summed E-state index contributed by atoms with van der Waals surface area (Å²) < 4.78 is 5.50. The highest BCUT2D eigenvalue weighted by atomic mass is 16.5. The highest BCUT2D eigenvalue weighted by Gasteiger charge is 2.05. The maximum atomic E-state index is 11.6. The Morgan fingerprint density at radius 1 is 1.17 bits per heavy atom. The van der Waals surface area contributed by atoms with Crippen molar-refractivity contribution in [2.45, 2.75) is 20.8 Å². The predicted octanol–water partition coefficient (Wildman–Crippen LogP) is 1.50. The third-order valence-electron chi connectivity index (χ3n) is 2.05. The first-order chi connectivity index (χ1) is 8.49. The summed E-state index contributed by atoms with van der Waals surface area (Å²) in [4.78, 5) is 22.2. The molecule has 2 amide bonds. The third-order valence-corrected chi connectivity index (χ3v) is 2.05. The van der Waals surface area contributed by atoms with E-state index in [1.54, 1.807) is 24.3 Å². The number of ether oxygens (including phenoxy) is 1. The zero-order valence-electron chi connectivity index (χ0n) is 10.8. The number of nitrogens with one attached hydrogen (secondary N) is 2. The highest BCUT2D eigenvalue weighted by Crippen LogP contribution is 2.13. The van der Waals surface area contributed by atoms with Gasteiger partial charge in [-0.25, -0.2) is 0 Å². The van der Waals surface area contributed by atoms with E-state index in [4.69, 9.17) is 4.74 Å². The molecule has 0 aliphatic heterocycles. The van der Waals surface area contributed by atoms with E-state index >= 15 is 0 Å². The second kappa shape index (κ2) is 6.64. The molecule has 0 fully saturated rings. The molecule has 18 heavy (non-hydrogen) atoms. The van der Waals surface area contributed by atoms with Crippen LogP contribution in [-0.4, -0.2) is 18.4 Å². The van der Waals surface area contributed by atoms with Crippen molar-refractivity contribution in [3.05, 3.63) is 29.8 Å². The zero-order chi connectivity index (χ0) is 13.5. The minimum Gasteiger partial charge on any atom is -0.493 e. The number of amides is 2. The lowest BCUT2D eigenvalue weighted by Gasteiger charge is -2.09. The van der Waals surface area contributed by atoms with Gasteiger partial charge in [0, 0.05) is 12.5 Å². The molecule has 0 aliphatic rings. The summed E-state index contributed by atoms with van der Waals surface area (Å²) >= 11 is 0. The molecule has 0 aliphatic carbocycles. The summed E-state index contributed by atoms with van der Waals surface area (Å²) in [5.41, 5.74) is 4.98. The largest absolute Gasteiger partial charge is 0.493 e. The van der Waals surface area contributed by atoms with Crippen molar-refractivity contribution in [2.75, 3.05) is 6.61 Å². The molecule has 0 atom stereocenters. The van der Waals surface area contributed by atoms with Crippen LogP contribution in [0, 0.1) is 5.92 Å². The quantitative estimate of drug-likeness (QED) is 0.796. The molecule has 1 rings (SSSR count). The van der Waals surface area contributed by atoms with Crippen molar-refractivity contribution in [2.24, 2.45) is 5.92 Å². The molecular formula is C13H18N2O3. The molecule has 0 spiro atoms. The second-order valence-electron chi connectivity index (χ2n) is 4.36. The molecule has 1 aromatic carbocycles. The van der Waals surface area contributed by atoms with Gasteiger partial charge in [-0.3, -0.25) is 20.4 Å². The number of rotatable bonds is 4. The van der Waals surface area contributed by atoms with Crippen molar-refractivity contribution in [3.8, 4) is 5.75 Å². The van der Waals surface area contributed by atoms with Gasteiger partial charge in [-0.2, -0.15) is 0 Å². The summed E-state index contributed by atoms with van der Waals surface area (Å²) in [6.45, 7) is 6.09. The van der Waals surface area contributed by atoms with Crippen LogP contribution in [0.2, 0.25) is 0 Å². The Kier molecular flexibility index (Phi) is 5.17. The molecule has 0 aromatic heterocycles. The van der Waals surface area contributed by atoms with Gasteiger partial charge in [-0.05, 0) is 30.2 Å². The Balaban J connectivity index is 2.53. The van der Waals surface area contributed by atoms with Crippen LogP contribution in [0.4, 0.5) is 0 Å². The van der Waals surface area contributed by atoms with Gasteiger partial charge in [0.1, 0.15) is 5.75 Å². The average Bonchev–Trinajstić information content (AvgIpc) is 2.34. The Morgan fingerprint density at radius 2 is 1.78 bits per heavy atom. The van der Waals surface area contributed by atoms with E-state index in [0.717, 1.165) is 5.75 Å². The fourth-order valence-electron chi connectivity index (χ4n) is 1.18. The van der Waals surface area contributed by atoms with Crippen molar-refractivity contribution in [1.29, 1.82) is 0 Å². The van der Waals surface area contributed by atoms with E-state index in [1.807, 2.05) is 0 Å². The molecule has 0 bridgehead atoms. The van der Waals surface area contributed by atoms with Gasteiger partial charge in [0.25, 0.3) is 5.91 Å². The standard InChI is InChI=1S/C13H18N2O3/c1-9(2)8-18-12-6-4-11(5-7-12)13(17)15-14-10(3)16/h4-7,9H,8H2,1-3H3,(H,14,16)(H,15,17). The molecule has 0 unspecified atom stereocenters. The van der Waals surface area contributed by atoms with Crippen molar-refractivity contribution >= 4 is 11.8 Å². The van der Waals surface area contributed by atoms with E-state index in [-0.39, 0.29) is 11.8 Å². The minimum absolute atomic E-state index is 0.319. The number of carbonyl (C=O) groups is 2. The molecule has 1 aromatic rings. The first-order valence-electron chi connectivity index (χ1n) is 5.79. The van der Waals surface area contributed by atoms with Gasteiger partial charge in [0.2, 0.25) is 5.91 Å². The summed E-state index contributed by atoms with van der Waals surface area (Å²) in [6, 6.07) is 6.75. The molecule has 0 radical (unpaired) electrons. The van der Waals surface area contributed by atoms with Crippen LogP contribution >= 0.6 is 0 Å². The van der Waals surface area contributed by atoms with Crippen LogP contribution in [-0.2, 0) is 4.79 Å². The van der Waals surface area contributed by atoms with Gasteiger partial charge in [-0.15, -0.1) is 0 Å². The van der Waals surface area contributed by atoms with Crippen LogP contribution in [0.15, 0.2) is 24.3 Å². The van der Waals surface area contributed by atoms with Gasteiger partial charge in [0.05, 0.1) is 6.61 Å². The Labute approximate surface area is 106 Å². The molecule has 0 saturated heterocycles. The lowest BCUT2D eigenvalue weighted by atomic mass is 10.2. The number of hydrazine groups is 1. The molecule has 5 heteroatoms. The number of hydrogen-bond donors (Lipinski definition) is 2. The zero-order valence-corrected chi connectivity index (χ0v) is 10.8. The fraction of sp³-hybridized carbons (Fsp3) is 0.385. The molecule has 5 nitrogen and oxygen atoms in total. The van der Waals surface area contributed by atoms with Crippen LogP contribution in [0.1, 0.15) is 31.1 Å². The number of carbonyl (C=O) groups excluding carboxylic acids is 2. The predicted molar refractivity (Wildman–Crippen MR) is 68.1 cm³/mol. The Morgan fingerprint density at radius 3 is 2.28 bits per heavy atom. The first kappa shape index (κ1) is 14.0. The molecule has 98 valence electrons. The maximum Gasteiger partial charge on any atom is 0.269 e. The lowest BCUT2D eigenvalue weighted by Crippen LogP contribution is -2.40. The minimum atomic E-state index is -0.361. The summed E-state index contributed by atoms with van der Waals surface area (Å²) in [5, 5.41) is 0. The second-order valence-corrected chi connectivity index (χ2v) is 4.36. The first-order valence-corrected chi connectivity index (χ1v) is 5.79. The van der Waals surface area contributed by atoms with Crippen LogP contribution in [0.3, 0.4) is 0 Å². The molecule has 2 N–H and O–H groups in total. The summed E-state index contributed by atoms with van der Waals surface area (Å²) in [5.74, 6) is 0.494. The third kappa shape index (κ3) is 4.86. The van der Waals surface area contributed by atoms with E-state index in [9.17, 15) is 9.59 Å². The van der Waals surface area contributed by atoms with E-state index in [0.29, 0.717) is 18.1 Å². The van der Waals surface area contributed by atoms with Crippen LogP contribution in [0.25, 0.3) is 0 Å². The summed E-state index contributed by atoms with van der Waals surface area (Å²) in [6.07, 6.45) is 0. The van der Waals surface area contributed by atoms with Gasteiger partial charge < -0.3 is 4.74 Å². The SMILES string of the molecule is CC(=O)NNC(=O)c1ccc(OCC(C)C)cc1. The van der Waals surface area contributed by atoms with Gasteiger partial charge >= 0.3 is 0 Å². The maximum absolute atomic E-state index is 11.6. The fourth-order valence-corrected chi connectivity index (χ4v) is 1.18. The van der Waals surface area contributed by atoms with Crippen LogP contribution < -0.4 is 15.6 Å². The van der Waals surface area contributed by atoms with Crippen molar-refractivity contribution in [1.82, 2.24) is 10.9 Å². The van der Waals surface area contributed by atoms with E-state index in [2.05, 4.69) is 24.7 Å². The van der Waals surface area contributed by atoms with Crippen molar-refractivity contribution < 1.29 is 14.3 Å². The van der Waals surface area contributed by atoms with Crippen molar-refractivity contribution in [3.63, 3.8) is 0 Å². The Bertz CT molecular complexity index is 413. The topological polar surface area (TPSA) is 67.4 Å². The molecule has 0 heterocycles. The van der Waals surface area contributed by atoms with Crippen LogP contribution in [0.5, 0.6) is 5.75 Å². The smallest absolute Gasteiger partial charge is 0.269 e. The molecule has 0 saturated carbocycles. The average molecular weight is 250 g/mol. The Hall–Kier alpha value is -2.04. The van der Waals surface area contributed by atoms with E-state index < -0.39 is 0 Å². The number of hydrogen-bond acceptors (Lipinski definition) is 3. The van der Waals surface area contributed by atoms with Gasteiger partial charge in [-0.1, -0.05) is 13.8 Å². The van der Waals surface area contributed by atoms with Gasteiger partial charge in [0.15, 0.2) is 0 Å². The number of benzene rings is 1. The van der Waals surface area contributed by atoms with E-state index in [1.165, 1.54) is 6.92 Å².